The standard InChI is InChI=1S/C18H19F3N4O/c19-18(20,21)15-10-16(25-17(24-15)13-4-1-2-8-22-13)23-12-5-3-6-14-11(12)7-9-26-14/h1-2,4,8,10-12,14H,3,5-7,9H2,(H,23,24,25). The SMILES string of the molecule is FC(F)(F)c1cc(NC2CCCC3OCCC23)nc(-c2ccccn2)n1. The molecule has 26 heavy (non-hydrogen) atoms. The molecule has 0 aromatic carbocycles. The van der Waals surface area contributed by atoms with Crippen molar-refractivity contribution in [2.45, 2.75) is 44.0 Å². The number of rotatable bonds is 3. The monoisotopic (exact) mass is 364 g/mol. The molecule has 3 unspecified atom stereocenters. The predicted octanol–water partition coefficient (Wildman–Crippen LogP) is 3.93. The van der Waals surface area contributed by atoms with Gasteiger partial charge in [-0.2, -0.15) is 13.2 Å². The van der Waals surface area contributed by atoms with Crippen LogP contribution in [0.25, 0.3) is 11.5 Å². The van der Waals surface area contributed by atoms with Crippen LogP contribution in [0.5, 0.6) is 0 Å². The lowest BCUT2D eigenvalue weighted by Crippen LogP contribution is -2.38. The van der Waals surface area contributed by atoms with Crippen molar-refractivity contribution in [2.75, 3.05) is 11.9 Å². The zero-order chi connectivity index (χ0) is 18.1. The number of alkyl halides is 3. The van der Waals surface area contributed by atoms with Gasteiger partial charge in [-0.15, -0.1) is 0 Å². The van der Waals surface area contributed by atoms with Gasteiger partial charge in [0.25, 0.3) is 0 Å². The van der Waals surface area contributed by atoms with Crippen LogP contribution in [-0.4, -0.2) is 33.7 Å². The second kappa shape index (κ2) is 6.83. The molecule has 1 saturated carbocycles. The molecule has 2 aromatic rings. The fraction of sp³-hybridized carbons (Fsp3) is 0.500. The summed E-state index contributed by atoms with van der Waals surface area (Å²) in [6.07, 6.45) is 0.979. The predicted molar refractivity (Wildman–Crippen MR) is 89.4 cm³/mol. The van der Waals surface area contributed by atoms with Crippen molar-refractivity contribution in [3.8, 4) is 11.5 Å². The second-order valence-corrected chi connectivity index (χ2v) is 6.72. The van der Waals surface area contributed by atoms with Crippen LogP contribution in [0.1, 0.15) is 31.4 Å². The lowest BCUT2D eigenvalue weighted by molar-refractivity contribution is -0.141. The Morgan fingerprint density at radius 1 is 1.12 bits per heavy atom. The molecule has 0 amide bonds. The molecule has 1 aliphatic heterocycles. The summed E-state index contributed by atoms with van der Waals surface area (Å²) >= 11 is 0. The first-order chi connectivity index (χ1) is 12.5. The number of aromatic nitrogens is 3. The number of nitrogens with zero attached hydrogens (tertiary/aromatic N) is 3. The number of ether oxygens (including phenoxy) is 1. The summed E-state index contributed by atoms with van der Waals surface area (Å²) in [5, 5.41) is 3.22. The summed E-state index contributed by atoms with van der Waals surface area (Å²) in [6.45, 7) is 0.713. The number of pyridine rings is 1. The quantitative estimate of drug-likeness (QED) is 0.894. The smallest absolute Gasteiger partial charge is 0.378 e. The van der Waals surface area contributed by atoms with E-state index in [-0.39, 0.29) is 23.8 Å². The van der Waals surface area contributed by atoms with E-state index in [0.29, 0.717) is 18.2 Å². The molecular formula is C18H19F3N4O. The Kier molecular flexibility index (Phi) is 4.52. The highest BCUT2D eigenvalue weighted by Gasteiger charge is 2.38. The van der Waals surface area contributed by atoms with Gasteiger partial charge in [0.1, 0.15) is 11.5 Å². The molecule has 1 aliphatic carbocycles. The van der Waals surface area contributed by atoms with E-state index in [1.54, 1.807) is 18.2 Å². The van der Waals surface area contributed by atoms with Gasteiger partial charge in [-0.25, -0.2) is 9.97 Å². The van der Waals surface area contributed by atoms with Gasteiger partial charge in [-0.05, 0) is 37.8 Å². The zero-order valence-corrected chi connectivity index (χ0v) is 14.0. The maximum Gasteiger partial charge on any atom is 0.433 e. The third-order valence-electron chi connectivity index (χ3n) is 5.03. The van der Waals surface area contributed by atoms with Crippen molar-refractivity contribution in [3.05, 3.63) is 36.2 Å². The number of halogens is 3. The summed E-state index contributed by atoms with van der Waals surface area (Å²) in [7, 11) is 0. The van der Waals surface area contributed by atoms with Crippen molar-refractivity contribution in [1.82, 2.24) is 15.0 Å². The molecule has 1 N–H and O–H groups in total. The first-order valence-electron chi connectivity index (χ1n) is 8.76. The molecule has 8 heteroatoms. The molecule has 0 bridgehead atoms. The normalized spacial score (nSPS) is 25.7. The molecule has 0 spiro atoms. The number of nitrogens with one attached hydrogen (secondary N) is 1. The summed E-state index contributed by atoms with van der Waals surface area (Å²) < 4.78 is 45.6. The molecule has 0 radical (unpaired) electrons. The highest BCUT2D eigenvalue weighted by molar-refractivity contribution is 5.53. The van der Waals surface area contributed by atoms with E-state index in [0.717, 1.165) is 31.7 Å². The van der Waals surface area contributed by atoms with E-state index < -0.39 is 11.9 Å². The summed E-state index contributed by atoms with van der Waals surface area (Å²) in [4.78, 5) is 12.0. The van der Waals surface area contributed by atoms with Crippen molar-refractivity contribution < 1.29 is 17.9 Å². The maximum absolute atomic E-state index is 13.3. The van der Waals surface area contributed by atoms with Crippen molar-refractivity contribution in [2.24, 2.45) is 5.92 Å². The maximum atomic E-state index is 13.3. The highest BCUT2D eigenvalue weighted by atomic mass is 19.4. The van der Waals surface area contributed by atoms with Gasteiger partial charge < -0.3 is 10.1 Å². The number of anilines is 1. The fourth-order valence-corrected chi connectivity index (χ4v) is 3.82. The Morgan fingerprint density at radius 2 is 2.00 bits per heavy atom. The van der Waals surface area contributed by atoms with Crippen LogP contribution in [0.15, 0.2) is 30.5 Å². The summed E-state index contributed by atoms with van der Waals surface area (Å²) in [5.74, 6) is 0.467. The van der Waals surface area contributed by atoms with Gasteiger partial charge in [-0.1, -0.05) is 6.07 Å². The van der Waals surface area contributed by atoms with Crippen molar-refractivity contribution in [1.29, 1.82) is 0 Å². The van der Waals surface area contributed by atoms with Gasteiger partial charge >= 0.3 is 6.18 Å². The average molecular weight is 364 g/mol. The Balaban J connectivity index is 1.66. The Morgan fingerprint density at radius 3 is 2.77 bits per heavy atom. The van der Waals surface area contributed by atoms with Crippen LogP contribution >= 0.6 is 0 Å². The molecule has 3 atom stereocenters. The van der Waals surface area contributed by atoms with E-state index >= 15 is 0 Å². The minimum absolute atomic E-state index is 0.0297. The second-order valence-electron chi connectivity index (χ2n) is 6.72. The fourth-order valence-electron chi connectivity index (χ4n) is 3.82. The summed E-state index contributed by atoms with van der Waals surface area (Å²) in [5.41, 5.74) is -0.655. The molecule has 2 aliphatic rings. The van der Waals surface area contributed by atoms with Crippen LogP contribution in [0.2, 0.25) is 0 Å². The van der Waals surface area contributed by atoms with E-state index in [4.69, 9.17) is 4.74 Å². The lowest BCUT2D eigenvalue weighted by Gasteiger charge is -2.33. The zero-order valence-electron chi connectivity index (χ0n) is 14.0. The topological polar surface area (TPSA) is 59.9 Å². The Bertz CT molecular complexity index is 769. The molecule has 4 rings (SSSR count). The van der Waals surface area contributed by atoms with Gasteiger partial charge in [0.15, 0.2) is 11.5 Å². The van der Waals surface area contributed by atoms with E-state index in [2.05, 4.69) is 20.3 Å². The molecular weight excluding hydrogens is 345 g/mol. The van der Waals surface area contributed by atoms with Crippen LogP contribution in [0.4, 0.5) is 19.0 Å². The molecule has 2 fully saturated rings. The van der Waals surface area contributed by atoms with Crippen LogP contribution in [0, 0.1) is 5.92 Å². The van der Waals surface area contributed by atoms with E-state index in [1.165, 1.54) is 6.20 Å². The average Bonchev–Trinajstić information content (AvgIpc) is 3.11. The first-order valence-corrected chi connectivity index (χ1v) is 8.76. The third-order valence-corrected chi connectivity index (χ3v) is 5.03. The van der Waals surface area contributed by atoms with Crippen LogP contribution in [0.3, 0.4) is 0 Å². The molecule has 3 heterocycles. The van der Waals surface area contributed by atoms with Crippen molar-refractivity contribution >= 4 is 5.82 Å². The minimum atomic E-state index is -4.55. The molecule has 5 nitrogen and oxygen atoms in total. The highest BCUT2D eigenvalue weighted by Crippen LogP contribution is 2.37. The third kappa shape index (κ3) is 3.51. The lowest BCUT2D eigenvalue weighted by atomic mass is 9.82. The molecule has 2 aromatic heterocycles. The Hall–Kier alpha value is -2.22. The molecule has 1 saturated heterocycles. The summed E-state index contributed by atoms with van der Waals surface area (Å²) in [6, 6.07) is 6.02. The molecule has 138 valence electrons. The van der Waals surface area contributed by atoms with Crippen molar-refractivity contribution in [3.63, 3.8) is 0 Å². The van der Waals surface area contributed by atoms with Crippen LogP contribution in [-0.2, 0) is 10.9 Å². The van der Waals surface area contributed by atoms with Gasteiger partial charge in [-0.3, -0.25) is 4.98 Å². The van der Waals surface area contributed by atoms with Gasteiger partial charge in [0.05, 0.1) is 6.10 Å². The van der Waals surface area contributed by atoms with Crippen LogP contribution < -0.4 is 5.32 Å². The van der Waals surface area contributed by atoms with Gasteiger partial charge in [0.2, 0.25) is 0 Å². The minimum Gasteiger partial charge on any atom is -0.378 e. The van der Waals surface area contributed by atoms with E-state index in [1.807, 2.05) is 0 Å². The number of fused-ring (bicyclic) bond motifs is 1. The number of hydrogen-bond acceptors (Lipinski definition) is 5. The number of hydrogen-bond donors (Lipinski definition) is 1. The van der Waals surface area contributed by atoms with E-state index in [9.17, 15) is 13.2 Å². The largest absolute Gasteiger partial charge is 0.433 e. The van der Waals surface area contributed by atoms with Gasteiger partial charge in [0, 0.05) is 30.8 Å². The Labute approximate surface area is 149 Å². The first kappa shape index (κ1) is 17.2.